The van der Waals surface area contributed by atoms with Gasteiger partial charge < -0.3 is 10.3 Å². The highest BCUT2D eigenvalue weighted by Gasteiger charge is 2.31. The van der Waals surface area contributed by atoms with Gasteiger partial charge in [-0.1, -0.05) is 0 Å². The fourth-order valence-corrected chi connectivity index (χ4v) is 2.64. The van der Waals surface area contributed by atoms with Gasteiger partial charge in [-0.3, -0.25) is 9.69 Å². The maximum Gasteiger partial charge on any atom is 0.406 e. The van der Waals surface area contributed by atoms with Crippen molar-refractivity contribution in [1.82, 2.24) is 14.5 Å². The van der Waals surface area contributed by atoms with Crippen LogP contribution in [0.25, 0.3) is 0 Å². The van der Waals surface area contributed by atoms with E-state index < -0.39 is 12.7 Å². The molecule has 2 rings (SSSR count). The van der Waals surface area contributed by atoms with E-state index in [-0.39, 0.29) is 24.4 Å². The molecule has 0 aromatic carbocycles. The summed E-state index contributed by atoms with van der Waals surface area (Å²) >= 11 is 0. The molecule has 21 heavy (non-hydrogen) atoms. The molecule has 1 amide bonds. The number of imidazole rings is 1. The minimum atomic E-state index is -4.28. The van der Waals surface area contributed by atoms with Crippen LogP contribution in [-0.2, 0) is 17.9 Å². The Morgan fingerprint density at radius 1 is 1.48 bits per heavy atom. The highest BCUT2D eigenvalue weighted by Crippen LogP contribution is 2.24. The number of carbonyl (C=O) groups is 1. The lowest BCUT2D eigenvalue weighted by Crippen LogP contribution is -2.45. The van der Waals surface area contributed by atoms with Crippen LogP contribution in [-0.4, -0.2) is 39.1 Å². The molecule has 2 heterocycles. The average molecular weight is 304 g/mol. The third kappa shape index (κ3) is 4.20. The molecule has 5 nitrogen and oxygen atoms in total. The third-order valence-electron chi connectivity index (χ3n) is 3.91. The second-order valence-electron chi connectivity index (χ2n) is 5.54. The van der Waals surface area contributed by atoms with E-state index in [0.29, 0.717) is 12.4 Å². The van der Waals surface area contributed by atoms with Crippen molar-refractivity contribution in [3.8, 4) is 0 Å². The number of rotatable bonds is 4. The lowest BCUT2D eigenvalue weighted by atomic mass is 9.93. The van der Waals surface area contributed by atoms with E-state index in [1.165, 1.54) is 12.4 Å². The van der Waals surface area contributed by atoms with Gasteiger partial charge in [-0.2, -0.15) is 13.2 Å². The van der Waals surface area contributed by atoms with E-state index in [2.05, 4.69) is 4.98 Å². The molecule has 1 aliphatic heterocycles. The molecule has 0 radical (unpaired) electrons. The molecular weight excluding hydrogens is 285 g/mol. The van der Waals surface area contributed by atoms with E-state index in [1.54, 1.807) is 0 Å². The smallest absolute Gasteiger partial charge is 0.369 e. The summed E-state index contributed by atoms with van der Waals surface area (Å²) in [7, 11) is 0. The van der Waals surface area contributed by atoms with Gasteiger partial charge in [0.15, 0.2) is 0 Å². The van der Waals surface area contributed by atoms with Gasteiger partial charge in [0, 0.05) is 25.0 Å². The quantitative estimate of drug-likeness (QED) is 0.917. The van der Waals surface area contributed by atoms with E-state index in [0.717, 1.165) is 17.4 Å². The van der Waals surface area contributed by atoms with Gasteiger partial charge in [-0.15, -0.1) is 0 Å². The predicted molar refractivity (Wildman–Crippen MR) is 70.1 cm³/mol. The van der Waals surface area contributed by atoms with Gasteiger partial charge in [0.05, 0.1) is 12.5 Å². The van der Waals surface area contributed by atoms with Crippen molar-refractivity contribution in [2.24, 2.45) is 11.7 Å². The van der Waals surface area contributed by atoms with Crippen molar-refractivity contribution < 1.29 is 18.0 Å². The molecule has 1 aromatic heterocycles. The Labute approximate surface area is 120 Å². The largest absolute Gasteiger partial charge is 0.406 e. The highest BCUT2D eigenvalue weighted by molar-refractivity contribution is 5.76. The number of amides is 1. The van der Waals surface area contributed by atoms with E-state index in [1.807, 2.05) is 11.8 Å². The van der Waals surface area contributed by atoms with Crippen molar-refractivity contribution >= 4 is 5.91 Å². The molecule has 1 aromatic rings. The standard InChI is InChI=1S/C13H19F3N4O/c1-9-2-3-10(12(17)21)6-20(9)7-11-18-4-5-19(11)8-13(14,15)16/h4-5,9-10H,2-3,6-8H2,1H3,(H2,17,21)/t9-,10-/m0/s1. The Morgan fingerprint density at radius 3 is 2.81 bits per heavy atom. The number of primary amides is 1. The Hall–Kier alpha value is -1.57. The lowest BCUT2D eigenvalue weighted by molar-refractivity contribution is -0.141. The molecule has 0 unspecified atom stereocenters. The second-order valence-corrected chi connectivity index (χ2v) is 5.54. The van der Waals surface area contributed by atoms with Crippen molar-refractivity contribution in [2.45, 2.75) is 45.1 Å². The summed E-state index contributed by atoms with van der Waals surface area (Å²) in [4.78, 5) is 17.3. The summed E-state index contributed by atoms with van der Waals surface area (Å²) in [6.07, 6.45) is -0.0689. The zero-order valence-corrected chi connectivity index (χ0v) is 11.8. The minimum absolute atomic E-state index is 0.191. The number of nitrogens with two attached hydrogens (primary N) is 1. The van der Waals surface area contributed by atoms with Crippen LogP contribution in [0.3, 0.4) is 0 Å². The topological polar surface area (TPSA) is 64.2 Å². The first-order valence-electron chi connectivity index (χ1n) is 6.86. The Kier molecular flexibility index (Phi) is 4.55. The first kappa shape index (κ1) is 15.8. The Balaban J connectivity index is 2.06. The van der Waals surface area contributed by atoms with Crippen LogP contribution in [0.1, 0.15) is 25.6 Å². The Bertz CT molecular complexity index is 500. The van der Waals surface area contributed by atoms with Crippen molar-refractivity contribution in [2.75, 3.05) is 6.54 Å². The van der Waals surface area contributed by atoms with Crippen LogP contribution in [0, 0.1) is 5.92 Å². The zero-order valence-electron chi connectivity index (χ0n) is 11.8. The minimum Gasteiger partial charge on any atom is -0.369 e. The Morgan fingerprint density at radius 2 is 2.19 bits per heavy atom. The molecule has 0 aliphatic carbocycles. The monoisotopic (exact) mass is 304 g/mol. The second kappa shape index (κ2) is 6.05. The van der Waals surface area contributed by atoms with E-state index in [9.17, 15) is 18.0 Å². The number of hydrogen-bond acceptors (Lipinski definition) is 3. The van der Waals surface area contributed by atoms with Gasteiger partial charge in [0.2, 0.25) is 5.91 Å². The first-order valence-corrected chi connectivity index (χ1v) is 6.86. The van der Waals surface area contributed by atoms with Gasteiger partial charge in [-0.25, -0.2) is 4.98 Å². The molecule has 0 bridgehead atoms. The summed E-state index contributed by atoms with van der Waals surface area (Å²) in [5.74, 6) is -0.248. The van der Waals surface area contributed by atoms with E-state index >= 15 is 0 Å². The molecule has 0 spiro atoms. The van der Waals surface area contributed by atoms with Gasteiger partial charge in [0.1, 0.15) is 12.4 Å². The zero-order chi connectivity index (χ0) is 15.6. The number of nitrogens with zero attached hydrogens (tertiary/aromatic N) is 3. The molecule has 118 valence electrons. The number of alkyl halides is 3. The van der Waals surface area contributed by atoms with Crippen molar-refractivity contribution in [3.63, 3.8) is 0 Å². The summed E-state index contributed by atoms with van der Waals surface area (Å²) in [6.45, 7) is 1.70. The normalized spacial score (nSPS) is 24.2. The molecule has 2 atom stereocenters. The maximum absolute atomic E-state index is 12.5. The number of likely N-dealkylation sites (tertiary alicyclic amines) is 1. The maximum atomic E-state index is 12.5. The SMILES string of the molecule is C[C@H]1CC[C@H](C(N)=O)CN1Cc1nccn1CC(F)(F)F. The van der Waals surface area contributed by atoms with Gasteiger partial charge in [-0.05, 0) is 19.8 Å². The van der Waals surface area contributed by atoms with Crippen LogP contribution in [0.5, 0.6) is 0 Å². The molecule has 0 saturated carbocycles. The molecule has 1 aliphatic rings. The van der Waals surface area contributed by atoms with E-state index in [4.69, 9.17) is 5.73 Å². The average Bonchev–Trinajstić information content (AvgIpc) is 2.76. The summed E-state index contributed by atoms with van der Waals surface area (Å²) in [5.41, 5.74) is 5.33. The fraction of sp³-hybridized carbons (Fsp3) is 0.692. The van der Waals surface area contributed by atoms with Crippen LogP contribution < -0.4 is 5.73 Å². The van der Waals surface area contributed by atoms with Crippen LogP contribution >= 0.6 is 0 Å². The fourth-order valence-electron chi connectivity index (χ4n) is 2.64. The van der Waals surface area contributed by atoms with Crippen molar-refractivity contribution in [1.29, 1.82) is 0 Å². The first-order chi connectivity index (χ1) is 9.76. The number of halogens is 3. The molecule has 1 saturated heterocycles. The highest BCUT2D eigenvalue weighted by atomic mass is 19.4. The summed E-state index contributed by atoms with van der Waals surface area (Å²) in [5, 5.41) is 0. The number of aromatic nitrogens is 2. The summed E-state index contributed by atoms with van der Waals surface area (Å²) in [6, 6.07) is 0.191. The third-order valence-corrected chi connectivity index (χ3v) is 3.91. The molecule has 2 N–H and O–H groups in total. The van der Waals surface area contributed by atoms with Crippen LogP contribution in [0.2, 0.25) is 0 Å². The van der Waals surface area contributed by atoms with Gasteiger partial charge >= 0.3 is 6.18 Å². The number of hydrogen-bond donors (Lipinski definition) is 1. The van der Waals surface area contributed by atoms with Gasteiger partial charge in [0.25, 0.3) is 0 Å². The lowest BCUT2D eigenvalue weighted by Gasteiger charge is -2.36. The molecular formula is C13H19F3N4O. The van der Waals surface area contributed by atoms with Crippen molar-refractivity contribution in [3.05, 3.63) is 18.2 Å². The predicted octanol–water partition coefficient (Wildman–Crippen LogP) is 1.53. The summed E-state index contributed by atoms with van der Waals surface area (Å²) < 4.78 is 38.6. The molecule has 1 fully saturated rings. The molecule has 8 heteroatoms. The van der Waals surface area contributed by atoms with Crippen LogP contribution in [0.4, 0.5) is 13.2 Å². The van der Waals surface area contributed by atoms with Crippen LogP contribution in [0.15, 0.2) is 12.4 Å². The number of carbonyl (C=O) groups excluding carboxylic acids is 1. The number of piperidine rings is 1.